The third-order valence-electron chi connectivity index (χ3n) is 11.0. The fraction of sp³-hybridized carbons (Fsp3) is 0.400. The molecule has 11 heteroatoms. The summed E-state index contributed by atoms with van der Waals surface area (Å²) >= 11 is 6.46. The van der Waals surface area contributed by atoms with Gasteiger partial charge >= 0.3 is 5.69 Å². The molecule has 5 fully saturated rings. The number of aromatic nitrogens is 5. The Labute approximate surface area is 266 Å². The van der Waals surface area contributed by atoms with Crippen LogP contribution in [0.15, 0.2) is 41.6 Å². The molecule has 3 aliphatic carbocycles. The van der Waals surface area contributed by atoms with Gasteiger partial charge in [-0.25, -0.2) is 23.5 Å². The van der Waals surface area contributed by atoms with Gasteiger partial charge in [-0.1, -0.05) is 17.7 Å². The molecule has 0 spiro atoms. The number of phenolic OH excluding ortho intramolecular Hbond substituents is 1. The predicted molar refractivity (Wildman–Crippen MR) is 168 cm³/mol. The van der Waals surface area contributed by atoms with Gasteiger partial charge in [-0.3, -0.25) is 9.55 Å². The van der Waals surface area contributed by atoms with E-state index in [1.165, 1.54) is 28.8 Å². The monoisotopic (exact) mass is 638 g/mol. The number of phenols is 1. The molecule has 3 aromatic heterocycles. The van der Waals surface area contributed by atoms with E-state index < -0.39 is 17.3 Å². The number of hydrogen-bond acceptors (Lipinski definition) is 7. The van der Waals surface area contributed by atoms with Crippen molar-refractivity contribution in [3.8, 4) is 22.7 Å². The Morgan fingerprint density at radius 3 is 2.46 bits per heavy atom. The second-order valence-corrected chi connectivity index (χ2v) is 14.2. The average molecular weight is 639 g/mol. The summed E-state index contributed by atoms with van der Waals surface area (Å²) in [6.07, 6.45) is 10.1. The lowest BCUT2D eigenvalue weighted by Gasteiger charge is -2.20. The topological polar surface area (TPSA) is 106 Å². The Kier molecular flexibility index (Phi) is 5.61. The molecule has 2 saturated heterocycles. The highest BCUT2D eigenvalue weighted by Crippen LogP contribution is 2.63. The number of halogens is 3. The number of nitrogens with one attached hydrogen (secondary N) is 1. The number of pyridine rings is 1. The number of nitrogens with zero attached hydrogens (tertiary/aromatic N) is 5. The van der Waals surface area contributed by atoms with Gasteiger partial charge in [0.2, 0.25) is 0 Å². The highest BCUT2D eigenvalue weighted by molar-refractivity contribution is 6.37. The number of piperidine rings is 1. The molecule has 2 N–H and O–H groups in total. The standard InChI is InChI=1S/C35H29ClF2N6O2/c36-27-22(37)7-5-16-9-18(45)11-20(24(16)27)32-28(38)33-21(12-39-32)31(26-19-10-17-6-8-23(42-17)25(19)26)43-35(46)44(33)34-29(14-1-2-14)40-13-41-30(34)15-3-4-15/h5,7,9,11-15,17,19,23,25-26,42,45H,1-4,6,8,10H2/t17?,19?,23?,25-,26?/m0/s1. The van der Waals surface area contributed by atoms with E-state index in [-0.39, 0.29) is 50.7 Å². The van der Waals surface area contributed by atoms with Gasteiger partial charge in [-0.05, 0) is 80.4 Å². The van der Waals surface area contributed by atoms with E-state index >= 15 is 4.39 Å². The van der Waals surface area contributed by atoms with Gasteiger partial charge in [0.1, 0.15) is 23.6 Å². The summed E-state index contributed by atoms with van der Waals surface area (Å²) in [5, 5.41) is 15.3. The van der Waals surface area contributed by atoms with Crippen LogP contribution in [0.4, 0.5) is 8.78 Å². The normalized spacial score (nSPS) is 26.5. The first-order chi connectivity index (χ1) is 22.4. The fourth-order valence-corrected chi connectivity index (χ4v) is 8.94. The average Bonchev–Trinajstić information content (AvgIpc) is 3.93. The summed E-state index contributed by atoms with van der Waals surface area (Å²) in [7, 11) is 0. The number of aromatic hydroxyl groups is 1. The van der Waals surface area contributed by atoms with E-state index in [2.05, 4.69) is 20.3 Å². The smallest absolute Gasteiger partial charge is 0.353 e. The molecular weight excluding hydrogens is 610 g/mol. The van der Waals surface area contributed by atoms with Crippen LogP contribution in [-0.4, -0.2) is 41.7 Å². The van der Waals surface area contributed by atoms with Crippen LogP contribution < -0.4 is 11.0 Å². The van der Waals surface area contributed by atoms with Crippen molar-refractivity contribution in [3.63, 3.8) is 0 Å². The molecule has 10 rings (SSSR count). The van der Waals surface area contributed by atoms with Crippen LogP contribution >= 0.6 is 11.6 Å². The second-order valence-electron chi connectivity index (χ2n) is 13.8. The zero-order chi connectivity index (χ0) is 31.0. The third kappa shape index (κ3) is 3.89. The van der Waals surface area contributed by atoms with Crippen LogP contribution in [0, 0.1) is 23.5 Å². The van der Waals surface area contributed by atoms with E-state index in [1.807, 2.05) is 0 Å². The predicted octanol–water partition coefficient (Wildman–Crippen LogP) is 6.64. The molecule has 5 aromatic rings. The SMILES string of the molecule is O=c1nc(C2C3CC4CCC(N4)[C@H]32)c2cnc(-c3cc(O)cc4ccc(F)c(Cl)c34)c(F)c2n1-c1c(C2CC2)ncnc1C1CC1. The Balaban J connectivity index is 1.28. The van der Waals surface area contributed by atoms with Gasteiger partial charge in [0.05, 0.1) is 33.3 Å². The van der Waals surface area contributed by atoms with Crippen LogP contribution in [0.3, 0.4) is 0 Å². The van der Waals surface area contributed by atoms with E-state index in [4.69, 9.17) is 16.6 Å². The third-order valence-corrected chi connectivity index (χ3v) is 11.4. The minimum absolute atomic E-state index is 0.0302. The van der Waals surface area contributed by atoms with Crippen molar-refractivity contribution in [3.05, 3.63) is 81.0 Å². The van der Waals surface area contributed by atoms with Crippen molar-refractivity contribution < 1.29 is 13.9 Å². The largest absolute Gasteiger partial charge is 0.508 e. The number of fused-ring (bicyclic) bond motifs is 6. The molecule has 8 nitrogen and oxygen atoms in total. The molecule has 5 heterocycles. The lowest BCUT2D eigenvalue weighted by Crippen LogP contribution is -2.35. The van der Waals surface area contributed by atoms with Gasteiger partial charge in [0.15, 0.2) is 5.82 Å². The maximum atomic E-state index is 17.5. The lowest BCUT2D eigenvalue weighted by molar-refractivity contribution is 0.387. The minimum Gasteiger partial charge on any atom is -0.508 e. The van der Waals surface area contributed by atoms with Crippen LogP contribution in [0.2, 0.25) is 5.02 Å². The molecular formula is C35H29ClF2N6O2. The molecule has 0 radical (unpaired) electrons. The summed E-state index contributed by atoms with van der Waals surface area (Å²) < 4.78 is 33.7. The molecule has 232 valence electrons. The number of benzene rings is 2. The first-order valence-corrected chi connectivity index (χ1v) is 16.6. The zero-order valence-corrected chi connectivity index (χ0v) is 25.4. The summed E-state index contributed by atoms with van der Waals surface area (Å²) in [5.41, 5.74) is 2.07. The van der Waals surface area contributed by atoms with Crippen molar-refractivity contribution >= 4 is 33.3 Å². The Morgan fingerprint density at radius 2 is 1.72 bits per heavy atom. The van der Waals surface area contributed by atoms with E-state index in [9.17, 15) is 14.3 Å². The lowest BCUT2D eigenvalue weighted by atomic mass is 9.98. The van der Waals surface area contributed by atoms with E-state index in [0.717, 1.165) is 56.3 Å². The molecule has 5 aliphatic rings. The van der Waals surface area contributed by atoms with Crippen LogP contribution in [0.5, 0.6) is 5.75 Å². The van der Waals surface area contributed by atoms with Crippen molar-refractivity contribution in [2.75, 3.05) is 0 Å². The molecule has 46 heavy (non-hydrogen) atoms. The summed E-state index contributed by atoms with van der Waals surface area (Å²) in [6, 6.07) is 6.31. The summed E-state index contributed by atoms with van der Waals surface area (Å²) in [4.78, 5) is 33.0. The highest BCUT2D eigenvalue weighted by Gasteiger charge is 2.61. The number of rotatable bonds is 5. The first kappa shape index (κ1) is 27.1. The molecule has 2 aliphatic heterocycles. The molecule has 5 atom stereocenters. The Hall–Kier alpha value is -4.02. The van der Waals surface area contributed by atoms with Crippen molar-refractivity contribution in [1.82, 2.24) is 29.8 Å². The number of hydrogen-bond donors (Lipinski definition) is 2. The highest BCUT2D eigenvalue weighted by atomic mass is 35.5. The maximum Gasteiger partial charge on any atom is 0.353 e. The van der Waals surface area contributed by atoms with Crippen molar-refractivity contribution in [2.45, 2.75) is 74.8 Å². The molecule has 2 bridgehead atoms. The fourth-order valence-electron chi connectivity index (χ4n) is 8.66. The Bertz CT molecular complexity index is 2190. The van der Waals surface area contributed by atoms with Gasteiger partial charge in [-0.2, -0.15) is 4.98 Å². The van der Waals surface area contributed by atoms with Gasteiger partial charge < -0.3 is 10.4 Å². The molecule has 2 aromatic carbocycles. The van der Waals surface area contributed by atoms with Crippen molar-refractivity contribution in [2.24, 2.45) is 11.8 Å². The zero-order valence-electron chi connectivity index (χ0n) is 24.7. The Morgan fingerprint density at radius 1 is 0.957 bits per heavy atom. The quantitative estimate of drug-likeness (QED) is 0.222. The van der Waals surface area contributed by atoms with Crippen LogP contribution in [0.1, 0.15) is 79.8 Å². The van der Waals surface area contributed by atoms with E-state index in [0.29, 0.717) is 46.1 Å². The van der Waals surface area contributed by atoms with Crippen LogP contribution in [-0.2, 0) is 0 Å². The van der Waals surface area contributed by atoms with Crippen LogP contribution in [0.25, 0.3) is 38.6 Å². The molecule has 0 amide bonds. The second kappa shape index (κ2) is 9.51. The van der Waals surface area contributed by atoms with Crippen molar-refractivity contribution in [1.29, 1.82) is 0 Å². The first-order valence-electron chi connectivity index (χ1n) is 16.2. The molecule has 4 unspecified atom stereocenters. The molecule has 3 saturated carbocycles. The van der Waals surface area contributed by atoms with Gasteiger partial charge in [0, 0.05) is 52.4 Å². The van der Waals surface area contributed by atoms with Gasteiger partial charge in [0.25, 0.3) is 0 Å². The van der Waals surface area contributed by atoms with E-state index in [1.54, 1.807) is 12.5 Å². The maximum absolute atomic E-state index is 17.5. The van der Waals surface area contributed by atoms with Gasteiger partial charge in [-0.15, -0.1) is 0 Å². The minimum atomic E-state index is -0.763. The summed E-state index contributed by atoms with van der Waals surface area (Å²) in [6.45, 7) is 0. The summed E-state index contributed by atoms with van der Waals surface area (Å²) in [5.74, 6) is -0.509.